The van der Waals surface area contributed by atoms with Crippen molar-refractivity contribution in [3.63, 3.8) is 0 Å². The van der Waals surface area contributed by atoms with Gasteiger partial charge in [0.05, 0.1) is 0 Å². The van der Waals surface area contributed by atoms with Crippen LogP contribution in [0.4, 0.5) is 0 Å². The number of fused-ring (bicyclic) bond motifs is 1. The molecule has 2 aromatic rings. The Morgan fingerprint density at radius 2 is 1.80 bits per heavy atom. The van der Waals surface area contributed by atoms with E-state index in [-0.39, 0.29) is 0 Å². The molecule has 0 heterocycles. The minimum atomic E-state index is -1.04. The van der Waals surface area contributed by atoms with Crippen LogP contribution in [-0.2, 0) is 4.79 Å². The normalized spacial score (nSPS) is 12.6. The van der Waals surface area contributed by atoms with Crippen LogP contribution >= 0.6 is 0 Å². The van der Waals surface area contributed by atoms with E-state index in [1.807, 2.05) is 42.5 Å². The van der Waals surface area contributed by atoms with Crippen LogP contribution in [0.3, 0.4) is 0 Å². The van der Waals surface area contributed by atoms with Crippen LogP contribution in [0, 0.1) is 0 Å². The van der Waals surface area contributed by atoms with E-state index in [4.69, 9.17) is 0 Å². The fourth-order valence-electron chi connectivity index (χ4n) is 1.61. The zero-order valence-corrected chi connectivity index (χ0v) is 8.44. The largest absolute Gasteiger partial charge is 0.550 e. The molecular weight excluding hydrogens is 188 g/mol. The zero-order valence-electron chi connectivity index (χ0n) is 8.44. The van der Waals surface area contributed by atoms with Crippen molar-refractivity contribution in [1.29, 1.82) is 0 Å². The highest BCUT2D eigenvalue weighted by Crippen LogP contribution is 2.21. The van der Waals surface area contributed by atoms with E-state index < -0.39 is 11.9 Å². The maximum Gasteiger partial charge on any atom is 0.0486 e. The minimum absolute atomic E-state index is 0.561. The lowest BCUT2D eigenvalue weighted by Crippen LogP contribution is -2.27. The molecule has 2 rings (SSSR count). The summed E-state index contributed by atoms with van der Waals surface area (Å²) in [7, 11) is 0. The van der Waals surface area contributed by atoms with Crippen molar-refractivity contribution in [2.75, 3.05) is 0 Å². The lowest BCUT2D eigenvalue weighted by atomic mass is 9.98. The maximum atomic E-state index is 10.7. The van der Waals surface area contributed by atoms with Gasteiger partial charge in [-0.05, 0) is 16.3 Å². The lowest BCUT2D eigenvalue weighted by Gasteiger charge is -2.13. The Morgan fingerprint density at radius 3 is 2.47 bits per heavy atom. The van der Waals surface area contributed by atoms with Crippen LogP contribution in [0.2, 0.25) is 0 Å². The van der Waals surface area contributed by atoms with Crippen LogP contribution in [0.25, 0.3) is 10.8 Å². The molecule has 0 saturated carbocycles. The molecule has 0 bridgehead atoms. The van der Waals surface area contributed by atoms with E-state index in [2.05, 4.69) is 0 Å². The summed E-state index contributed by atoms with van der Waals surface area (Å²) >= 11 is 0. The van der Waals surface area contributed by atoms with E-state index in [0.29, 0.717) is 0 Å². The Labute approximate surface area is 88.2 Å². The number of carboxylic acids is 1. The molecule has 0 radical (unpaired) electrons. The first kappa shape index (κ1) is 9.71. The molecule has 76 valence electrons. The molecule has 1 atom stereocenters. The summed E-state index contributed by atoms with van der Waals surface area (Å²) in [5.41, 5.74) is 0.786. The highest BCUT2D eigenvalue weighted by molar-refractivity contribution is 5.84. The summed E-state index contributed by atoms with van der Waals surface area (Å²) in [6, 6.07) is 13.5. The van der Waals surface area contributed by atoms with Gasteiger partial charge in [-0.1, -0.05) is 49.4 Å². The Kier molecular flexibility index (Phi) is 2.42. The molecular formula is C13H11O2-. The number of hydrogen-bond donors (Lipinski definition) is 0. The first-order valence-electron chi connectivity index (χ1n) is 4.88. The molecule has 0 amide bonds. The molecule has 15 heavy (non-hydrogen) atoms. The van der Waals surface area contributed by atoms with Crippen LogP contribution in [-0.4, -0.2) is 5.97 Å². The SMILES string of the molecule is C[C@H](C(=O)[O-])c1ccc2ccccc2c1. The molecule has 0 fully saturated rings. The number of benzene rings is 2. The third kappa shape index (κ3) is 1.84. The number of carboxylic acid groups (broad SMARTS) is 1. The van der Waals surface area contributed by atoms with Crippen molar-refractivity contribution in [3.8, 4) is 0 Å². The van der Waals surface area contributed by atoms with Gasteiger partial charge in [-0.25, -0.2) is 0 Å². The van der Waals surface area contributed by atoms with Gasteiger partial charge in [0.25, 0.3) is 0 Å². The van der Waals surface area contributed by atoms with Crippen LogP contribution < -0.4 is 5.11 Å². The third-order valence-corrected chi connectivity index (χ3v) is 2.63. The summed E-state index contributed by atoms with van der Waals surface area (Å²) < 4.78 is 0. The zero-order chi connectivity index (χ0) is 10.8. The predicted octanol–water partition coefficient (Wildman–Crippen LogP) is 1.69. The predicted molar refractivity (Wildman–Crippen MR) is 57.4 cm³/mol. The molecule has 0 aliphatic carbocycles. The molecule has 2 heteroatoms. The molecule has 0 saturated heterocycles. The second-order valence-electron chi connectivity index (χ2n) is 3.65. The summed E-state index contributed by atoms with van der Waals surface area (Å²) in [4.78, 5) is 10.7. The van der Waals surface area contributed by atoms with Gasteiger partial charge in [-0.3, -0.25) is 0 Å². The average molecular weight is 199 g/mol. The number of rotatable bonds is 2. The highest BCUT2D eigenvalue weighted by Gasteiger charge is 2.06. The second-order valence-corrected chi connectivity index (χ2v) is 3.65. The maximum absolute atomic E-state index is 10.7. The number of hydrogen-bond acceptors (Lipinski definition) is 2. The Bertz CT molecular complexity index is 503. The fraction of sp³-hybridized carbons (Fsp3) is 0.154. The minimum Gasteiger partial charge on any atom is -0.550 e. The van der Waals surface area contributed by atoms with E-state index in [0.717, 1.165) is 16.3 Å². The van der Waals surface area contributed by atoms with Gasteiger partial charge in [0.15, 0.2) is 0 Å². The molecule has 2 nitrogen and oxygen atoms in total. The number of carbonyl (C=O) groups excluding carboxylic acids is 1. The quantitative estimate of drug-likeness (QED) is 0.738. The number of carbonyl (C=O) groups is 1. The molecule has 0 N–H and O–H groups in total. The van der Waals surface area contributed by atoms with Gasteiger partial charge in [-0.15, -0.1) is 0 Å². The van der Waals surface area contributed by atoms with Gasteiger partial charge >= 0.3 is 0 Å². The summed E-state index contributed by atoms with van der Waals surface area (Å²) in [5, 5.41) is 12.9. The average Bonchev–Trinajstić information content (AvgIpc) is 2.27. The monoisotopic (exact) mass is 199 g/mol. The van der Waals surface area contributed by atoms with Crippen molar-refractivity contribution >= 4 is 16.7 Å². The Hall–Kier alpha value is -1.83. The van der Waals surface area contributed by atoms with Crippen molar-refractivity contribution in [2.24, 2.45) is 0 Å². The first-order valence-corrected chi connectivity index (χ1v) is 4.88. The van der Waals surface area contributed by atoms with E-state index in [9.17, 15) is 9.90 Å². The van der Waals surface area contributed by atoms with Gasteiger partial charge in [0.2, 0.25) is 0 Å². The van der Waals surface area contributed by atoms with Crippen molar-refractivity contribution in [3.05, 3.63) is 48.0 Å². The van der Waals surface area contributed by atoms with Crippen molar-refractivity contribution in [1.82, 2.24) is 0 Å². The van der Waals surface area contributed by atoms with Crippen LogP contribution in [0.5, 0.6) is 0 Å². The van der Waals surface area contributed by atoms with E-state index in [1.54, 1.807) is 6.92 Å². The summed E-state index contributed by atoms with van der Waals surface area (Å²) in [6.45, 7) is 1.64. The first-order chi connectivity index (χ1) is 7.18. The van der Waals surface area contributed by atoms with Gasteiger partial charge in [-0.2, -0.15) is 0 Å². The third-order valence-electron chi connectivity index (χ3n) is 2.63. The van der Waals surface area contributed by atoms with E-state index >= 15 is 0 Å². The second kappa shape index (κ2) is 3.73. The van der Waals surface area contributed by atoms with Crippen molar-refractivity contribution in [2.45, 2.75) is 12.8 Å². The molecule has 0 aliphatic rings. The van der Waals surface area contributed by atoms with Gasteiger partial charge < -0.3 is 9.90 Å². The van der Waals surface area contributed by atoms with Crippen molar-refractivity contribution < 1.29 is 9.90 Å². The van der Waals surface area contributed by atoms with E-state index in [1.165, 1.54) is 0 Å². The summed E-state index contributed by atoms with van der Waals surface area (Å²) in [5.74, 6) is -1.60. The lowest BCUT2D eigenvalue weighted by molar-refractivity contribution is -0.307. The standard InChI is InChI=1S/C13H12O2/c1-9(13(14)15)11-7-6-10-4-2-3-5-12(10)8-11/h2-9H,1H3,(H,14,15)/p-1/t9-/m0/s1. The molecule has 2 aromatic carbocycles. The van der Waals surface area contributed by atoms with Gasteiger partial charge in [0, 0.05) is 11.9 Å². The molecule has 0 unspecified atom stereocenters. The highest BCUT2D eigenvalue weighted by atomic mass is 16.4. The fourth-order valence-corrected chi connectivity index (χ4v) is 1.61. The van der Waals surface area contributed by atoms with Crippen LogP contribution in [0.15, 0.2) is 42.5 Å². The smallest absolute Gasteiger partial charge is 0.0486 e. The molecule has 0 aromatic heterocycles. The molecule has 0 aliphatic heterocycles. The Balaban J connectivity index is 2.51. The molecule has 0 spiro atoms. The topological polar surface area (TPSA) is 40.1 Å². The van der Waals surface area contributed by atoms with Gasteiger partial charge in [0.1, 0.15) is 0 Å². The van der Waals surface area contributed by atoms with Crippen LogP contribution in [0.1, 0.15) is 18.4 Å². The Morgan fingerprint density at radius 1 is 1.13 bits per heavy atom. The number of aliphatic carboxylic acids is 1. The summed E-state index contributed by atoms with van der Waals surface area (Å²) in [6.07, 6.45) is 0.